The third-order valence-electron chi connectivity index (χ3n) is 4.28. The van der Waals surface area contributed by atoms with Crippen molar-refractivity contribution in [3.8, 4) is 17.1 Å². The number of benzene rings is 2. The molecule has 0 radical (unpaired) electrons. The number of methoxy groups -OCH3 is 1. The Morgan fingerprint density at radius 1 is 1.18 bits per heavy atom. The van der Waals surface area contributed by atoms with E-state index in [2.05, 4.69) is 10.1 Å². The van der Waals surface area contributed by atoms with Crippen molar-refractivity contribution in [1.29, 1.82) is 0 Å². The first-order valence-corrected chi connectivity index (χ1v) is 10.2. The molecule has 0 spiro atoms. The molecule has 0 unspecified atom stereocenters. The number of sulfonamides is 1. The summed E-state index contributed by atoms with van der Waals surface area (Å²) in [6.07, 6.45) is 0. The Hall–Kier alpha value is -2.42. The maximum absolute atomic E-state index is 13.1. The Labute approximate surface area is 168 Å². The summed E-state index contributed by atoms with van der Waals surface area (Å²) in [7, 11) is -0.751. The van der Waals surface area contributed by atoms with Gasteiger partial charge in [-0.15, -0.1) is 0 Å². The number of hydrogen-bond donors (Lipinski definition) is 0. The lowest BCUT2D eigenvalue weighted by molar-refractivity contribution is 0.336. The Morgan fingerprint density at radius 2 is 1.82 bits per heavy atom. The number of aryl methyl sites for hydroxylation is 2. The van der Waals surface area contributed by atoms with E-state index in [4.69, 9.17) is 20.9 Å². The van der Waals surface area contributed by atoms with Crippen LogP contribution in [0.3, 0.4) is 0 Å². The second-order valence-corrected chi connectivity index (χ2v) is 8.73. The lowest BCUT2D eigenvalue weighted by Gasteiger charge is -2.19. The minimum absolute atomic E-state index is 0.0648. The van der Waals surface area contributed by atoms with Gasteiger partial charge in [0.1, 0.15) is 5.75 Å². The van der Waals surface area contributed by atoms with E-state index in [-0.39, 0.29) is 17.3 Å². The third-order valence-corrected chi connectivity index (χ3v) is 6.72. The Bertz CT molecular complexity index is 1090. The van der Waals surface area contributed by atoms with E-state index in [0.717, 1.165) is 0 Å². The van der Waals surface area contributed by atoms with Crippen molar-refractivity contribution in [2.75, 3.05) is 14.2 Å². The summed E-state index contributed by atoms with van der Waals surface area (Å²) in [6, 6.07) is 10.5. The second-order valence-electron chi connectivity index (χ2n) is 6.34. The number of aromatic nitrogens is 2. The van der Waals surface area contributed by atoms with Crippen LogP contribution in [0.25, 0.3) is 11.4 Å². The molecule has 0 atom stereocenters. The van der Waals surface area contributed by atoms with Gasteiger partial charge in [-0.2, -0.15) is 9.29 Å². The van der Waals surface area contributed by atoms with Gasteiger partial charge < -0.3 is 9.26 Å². The molecule has 1 aromatic heterocycles. The smallest absolute Gasteiger partial charge is 0.243 e. The minimum atomic E-state index is -3.76. The van der Waals surface area contributed by atoms with Gasteiger partial charge in [0.15, 0.2) is 0 Å². The first-order valence-electron chi connectivity index (χ1n) is 8.43. The summed E-state index contributed by atoms with van der Waals surface area (Å²) in [6.45, 7) is 3.40. The molecule has 0 N–H and O–H groups in total. The summed E-state index contributed by atoms with van der Waals surface area (Å²) < 4.78 is 37.8. The third kappa shape index (κ3) is 3.89. The number of ether oxygens (including phenoxy) is 1. The van der Waals surface area contributed by atoms with Crippen LogP contribution < -0.4 is 4.74 Å². The van der Waals surface area contributed by atoms with Crippen LogP contribution in [0, 0.1) is 13.8 Å². The molecular weight excluding hydrogens is 402 g/mol. The molecule has 148 valence electrons. The first-order chi connectivity index (χ1) is 13.2. The Kier molecular flexibility index (Phi) is 5.74. The van der Waals surface area contributed by atoms with Crippen molar-refractivity contribution in [1.82, 2.24) is 14.4 Å². The molecule has 0 amide bonds. The van der Waals surface area contributed by atoms with Gasteiger partial charge in [0, 0.05) is 12.6 Å². The monoisotopic (exact) mass is 421 g/mol. The van der Waals surface area contributed by atoms with Crippen LogP contribution in [-0.2, 0) is 16.6 Å². The van der Waals surface area contributed by atoms with Gasteiger partial charge in [0.2, 0.25) is 21.7 Å². The molecule has 9 heteroatoms. The standard InChI is InChI=1S/C19H20ClN3O4S/c1-12-9-14(26-4)10-13(2)18(12)28(24,25)23(3)11-17-21-19(22-27-17)15-7-5-6-8-16(15)20/h5-10H,11H2,1-4H3. The fourth-order valence-electron chi connectivity index (χ4n) is 2.94. The molecule has 0 saturated carbocycles. The van der Waals surface area contributed by atoms with E-state index in [1.165, 1.54) is 11.4 Å². The number of rotatable bonds is 6. The molecule has 0 saturated heterocycles. The van der Waals surface area contributed by atoms with Gasteiger partial charge in [-0.1, -0.05) is 28.9 Å². The van der Waals surface area contributed by atoms with Crippen LogP contribution in [0.1, 0.15) is 17.0 Å². The van der Waals surface area contributed by atoms with Crippen molar-refractivity contribution in [3.05, 3.63) is 58.4 Å². The zero-order valence-corrected chi connectivity index (χ0v) is 17.5. The molecule has 0 aliphatic carbocycles. The summed E-state index contributed by atoms with van der Waals surface area (Å²) >= 11 is 6.15. The number of nitrogens with zero attached hydrogens (tertiary/aromatic N) is 3. The Balaban J connectivity index is 1.87. The lowest BCUT2D eigenvalue weighted by atomic mass is 10.1. The maximum atomic E-state index is 13.1. The first kappa shape index (κ1) is 20.3. The summed E-state index contributed by atoms with van der Waals surface area (Å²) in [5.41, 5.74) is 1.82. The number of hydrogen-bond acceptors (Lipinski definition) is 6. The van der Waals surface area contributed by atoms with Crippen molar-refractivity contribution in [3.63, 3.8) is 0 Å². The van der Waals surface area contributed by atoms with E-state index in [1.54, 1.807) is 51.3 Å². The van der Waals surface area contributed by atoms with E-state index in [0.29, 0.717) is 33.3 Å². The molecule has 3 rings (SSSR count). The van der Waals surface area contributed by atoms with Gasteiger partial charge in [-0.25, -0.2) is 8.42 Å². The summed E-state index contributed by atoms with van der Waals surface area (Å²) in [5, 5.41) is 4.39. The Morgan fingerprint density at radius 3 is 2.43 bits per heavy atom. The van der Waals surface area contributed by atoms with Crippen molar-refractivity contribution < 1.29 is 17.7 Å². The molecule has 7 nitrogen and oxygen atoms in total. The molecule has 1 heterocycles. The predicted molar refractivity (Wildman–Crippen MR) is 106 cm³/mol. The van der Waals surface area contributed by atoms with Crippen LogP contribution >= 0.6 is 11.6 Å². The molecule has 3 aromatic rings. The average molecular weight is 422 g/mol. The predicted octanol–water partition coefficient (Wildman–Crippen LogP) is 3.84. The van der Waals surface area contributed by atoms with Gasteiger partial charge in [-0.3, -0.25) is 0 Å². The lowest BCUT2D eigenvalue weighted by Crippen LogP contribution is -2.28. The fourth-order valence-corrected chi connectivity index (χ4v) is 4.68. The summed E-state index contributed by atoms with van der Waals surface area (Å²) in [5.74, 6) is 1.09. The largest absolute Gasteiger partial charge is 0.497 e. The van der Waals surface area contributed by atoms with E-state index < -0.39 is 10.0 Å². The van der Waals surface area contributed by atoms with Crippen LogP contribution in [-0.4, -0.2) is 37.0 Å². The number of halogens is 1. The fraction of sp³-hybridized carbons (Fsp3) is 0.263. The molecular formula is C19H20ClN3O4S. The average Bonchev–Trinajstić information content (AvgIpc) is 3.09. The highest BCUT2D eigenvalue weighted by molar-refractivity contribution is 7.89. The second kappa shape index (κ2) is 7.90. The van der Waals surface area contributed by atoms with Gasteiger partial charge in [0.25, 0.3) is 0 Å². The molecule has 0 aliphatic heterocycles. The molecule has 2 aromatic carbocycles. The van der Waals surface area contributed by atoms with Gasteiger partial charge in [0.05, 0.1) is 23.6 Å². The normalized spacial score (nSPS) is 11.8. The van der Waals surface area contributed by atoms with Crippen LogP contribution in [0.15, 0.2) is 45.8 Å². The van der Waals surface area contributed by atoms with Crippen LogP contribution in [0.5, 0.6) is 5.75 Å². The van der Waals surface area contributed by atoms with Crippen molar-refractivity contribution >= 4 is 21.6 Å². The van der Waals surface area contributed by atoms with E-state index in [1.807, 2.05) is 6.07 Å². The molecule has 28 heavy (non-hydrogen) atoms. The zero-order valence-electron chi connectivity index (χ0n) is 15.9. The minimum Gasteiger partial charge on any atom is -0.497 e. The quantitative estimate of drug-likeness (QED) is 0.601. The van der Waals surface area contributed by atoms with Gasteiger partial charge in [-0.05, 0) is 49.2 Å². The van der Waals surface area contributed by atoms with Crippen molar-refractivity contribution in [2.45, 2.75) is 25.3 Å². The highest BCUT2D eigenvalue weighted by Gasteiger charge is 2.27. The van der Waals surface area contributed by atoms with E-state index >= 15 is 0 Å². The molecule has 0 aliphatic rings. The molecule has 0 fully saturated rings. The zero-order chi connectivity index (χ0) is 20.5. The topological polar surface area (TPSA) is 85.5 Å². The maximum Gasteiger partial charge on any atom is 0.243 e. The summed E-state index contributed by atoms with van der Waals surface area (Å²) in [4.78, 5) is 4.51. The highest BCUT2D eigenvalue weighted by Crippen LogP contribution is 2.29. The van der Waals surface area contributed by atoms with Gasteiger partial charge >= 0.3 is 0 Å². The highest BCUT2D eigenvalue weighted by atomic mass is 35.5. The van der Waals surface area contributed by atoms with Crippen LogP contribution in [0.4, 0.5) is 0 Å². The van der Waals surface area contributed by atoms with Crippen molar-refractivity contribution in [2.24, 2.45) is 0 Å². The van der Waals surface area contributed by atoms with E-state index in [9.17, 15) is 8.42 Å². The molecule has 0 bridgehead atoms. The van der Waals surface area contributed by atoms with Crippen LogP contribution in [0.2, 0.25) is 5.02 Å². The SMILES string of the molecule is COc1cc(C)c(S(=O)(=O)N(C)Cc2nc(-c3ccccc3Cl)no2)c(C)c1.